The maximum absolute atomic E-state index is 14.6. The zero-order valence-electron chi connectivity index (χ0n) is 26.0. The van der Waals surface area contributed by atoms with Crippen LogP contribution in [0.2, 0.25) is 0 Å². The van der Waals surface area contributed by atoms with Gasteiger partial charge in [0.1, 0.15) is 5.82 Å². The molecule has 0 unspecified atom stereocenters. The third kappa shape index (κ3) is 5.96. The number of nitrogens with zero attached hydrogens (tertiary/aromatic N) is 5. The molecule has 3 heterocycles. The van der Waals surface area contributed by atoms with Gasteiger partial charge < -0.3 is 9.84 Å². The number of amides is 1. The molecule has 2 aliphatic carbocycles. The molecule has 2 N–H and O–H groups in total. The lowest BCUT2D eigenvalue weighted by atomic mass is 9.91. The third-order valence-electron chi connectivity index (χ3n) is 9.41. The monoisotopic (exact) mass is 608 g/mol. The molecule has 0 radical (unpaired) electrons. The number of nitrogens with one attached hydrogen (secondary N) is 1. The second-order valence-corrected chi connectivity index (χ2v) is 12.9. The van der Waals surface area contributed by atoms with Crippen molar-refractivity contribution in [3.05, 3.63) is 87.1 Å². The first-order valence-corrected chi connectivity index (χ1v) is 16.2. The van der Waals surface area contributed by atoms with Gasteiger partial charge in [-0.05, 0) is 74.6 Å². The van der Waals surface area contributed by atoms with E-state index in [4.69, 9.17) is 14.8 Å². The first-order valence-electron chi connectivity index (χ1n) is 16.2. The highest BCUT2D eigenvalue weighted by molar-refractivity contribution is 6.16. The summed E-state index contributed by atoms with van der Waals surface area (Å²) < 4.78 is 9.84. The van der Waals surface area contributed by atoms with E-state index in [9.17, 15) is 14.7 Å². The normalized spacial score (nSPS) is 20.8. The number of hydrazone groups is 1. The average Bonchev–Trinajstić information content (AvgIpc) is 3.42. The quantitative estimate of drug-likeness (QED) is 0.270. The van der Waals surface area contributed by atoms with E-state index < -0.39 is 5.60 Å². The third-order valence-corrected chi connectivity index (χ3v) is 9.41. The summed E-state index contributed by atoms with van der Waals surface area (Å²) in [7, 11) is 0. The fraction of sp³-hybridized carbons (Fsp3) is 0.457. The van der Waals surface area contributed by atoms with Crippen molar-refractivity contribution in [1.82, 2.24) is 24.6 Å². The second-order valence-electron chi connectivity index (χ2n) is 12.9. The Balaban J connectivity index is 1.26. The van der Waals surface area contributed by atoms with Crippen molar-refractivity contribution in [1.29, 1.82) is 0 Å². The van der Waals surface area contributed by atoms with Gasteiger partial charge in [-0.3, -0.25) is 14.2 Å². The number of aliphatic hydroxyl groups is 1. The van der Waals surface area contributed by atoms with Gasteiger partial charge in [0.25, 0.3) is 5.56 Å². The molecule has 45 heavy (non-hydrogen) atoms. The number of hydrogen-bond donors (Lipinski definition) is 2. The van der Waals surface area contributed by atoms with E-state index in [2.05, 4.69) is 47.8 Å². The van der Waals surface area contributed by atoms with E-state index >= 15 is 0 Å². The molecule has 234 valence electrons. The van der Waals surface area contributed by atoms with Crippen molar-refractivity contribution in [2.24, 2.45) is 5.10 Å². The summed E-state index contributed by atoms with van der Waals surface area (Å²) in [6.07, 6.45) is 7.19. The van der Waals surface area contributed by atoms with Crippen molar-refractivity contribution in [2.45, 2.75) is 95.8 Å². The van der Waals surface area contributed by atoms with Crippen molar-refractivity contribution < 1.29 is 14.6 Å². The van der Waals surface area contributed by atoms with Crippen LogP contribution in [0.25, 0.3) is 16.9 Å². The van der Waals surface area contributed by atoms with Crippen LogP contribution in [0.3, 0.4) is 0 Å². The Kier molecular flexibility index (Phi) is 7.87. The molecule has 2 saturated carbocycles. The van der Waals surface area contributed by atoms with E-state index in [1.807, 2.05) is 34.2 Å². The van der Waals surface area contributed by atoms with E-state index in [1.54, 1.807) is 0 Å². The number of rotatable bonds is 10. The van der Waals surface area contributed by atoms with Crippen LogP contribution in [0, 0.1) is 6.92 Å². The minimum Gasteiger partial charge on any atom is -0.387 e. The Morgan fingerprint density at radius 3 is 2.51 bits per heavy atom. The van der Waals surface area contributed by atoms with E-state index in [1.165, 1.54) is 0 Å². The highest BCUT2D eigenvalue weighted by Gasteiger charge is 2.41. The molecule has 4 aromatic rings. The lowest BCUT2D eigenvalue weighted by molar-refractivity contribution is -0.119. The van der Waals surface area contributed by atoms with Crippen molar-refractivity contribution >= 4 is 17.4 Å². The molecule has 2 aromatic carbocycles. The summed E-state index contributed by atoms with van der Waals surface area (Å²) in [5.74, 6) is 1.11. The number of ether oxygens (including phenoxy) is 1. The number of carbonyl (C=O) groups excluding carboxylic acids is 1. The summed E-state index contributed by atoms with van der Waals surface area (Å²) in [4.78, 5) is 31.4. The minimum absolute atomic E-state index is 0.0113. The van der Waals surface area contributed by atoms with Gasteiger partial charge in [-0.1, -0.05) is 55.8 Å². The standard InChI is InChI=1S/C35H40N6O4/c1-3-7-31-29(19-23-10-15-27(24-8-5-4-6-9-24)28(18-23)30-20-32(42)38-37-30)33(43)40(34-36-22(2)39-41(31)34)25-11-13-26(14-12-25)45-21-35(44)16-17-35/h4-6,8-10,15,18,25-26,44H,3,7,11-14,16-17,19-21H2,1-2H3,(H,38,42). The molecule has 3 aliphatic rings. The molecule has 0 atom stereocenters. The van der Waals surface area contributed by atoms with Crippen molar-refractivity contribution in [2.75, 3.05) is 6.61 Å². The van der Waals surface area contributed by atoms with Crippen LogP contribution in [0.1, 0.15) is 92.5 Å². The summed E-state index contributed by atoms with van der Waals surface area (Å²) >= 11 is 0. The molecule has 7 rings (SSSR count). The largest absolute Gasteiger partial charge is 0.387 e. The Bertz CT molecular complexity index is 1830. The molecule has 10 nitrogen and oxygen atoms in total. The molecule has 2 fully saturated rings. The van der Waals surface area contributed by atoms with Gasteiger partial charge in [0.2, 0.25) is 11.7 Å². The van der Waals surface area contributed by atoms with Crippen LogP contribution in [0.4, 0.5) is 0 Å². The van der Waals surface area contributed by atoms with Gasteiger partial charge in [-0.25, -0.2) is 9.94 Å². The Morgan fingerprint density at radius 1 is 1.04 bits per heavy atom. The predicted molar refractivity (Wildman–Crippen MR) is 171 cm³/mol. The van der Waals surface area contributed by atoms with Crippen LogP contribution in [0.5, 0.6) is 0 Å². The number of aryl methyl sites for hydroxylation is 2. The molecule has 2 aromatic heterocycles. The topological polar surface area (TPSA) is 123 Å². The molecule has 0 saturated heterocycles. The van der Waals surface area contributed by atoms with Crippen LogP contribution < -0.4 is 11.0 Å². The van der Waals surface area contributed by atoms with Gasteiger partial charge in [-0.15, -0.1) is 0 Å². The SMILES string of the molecule is CCCc1c(Cc2ccc(-c3ccccc3)c(C3=NNC(=O)C3)c2)c(=O)n(C2CCC(OCC3(O)CC3)CC2)c2nc(C)nn12. The van der Waals surface area contributed by atoms with Gasteiger partial charge in [0.15, 0.2) is 0 Å². The molecule has 1 aliphatic heterocycles. The highest BCUT2D eigenvalue weighted by Crippen LogP contribution is 2.37. The van der Waals surface area contributed by atoms with Crippen LogP contribution in [0.15, 0.2) is 58.4 Å². The lowest BCUT2D eigenvalue weighted by Gasteiger charge is -2.31. The van der Waals surface area contributed by atoms with Gasteiger partial charge in [0.05, 0.1) is 36.1 Å². The maximum atomic E-state index is 14.6. The van der Waals surface area contributed by atoms with Gasteiger partial charge in [-0.2, -0.15) is 15.2 Å². The average molecular weight is 609 g/mol. The summed E-state index contributed by atoms with van der Waals surface area (Å²) in [5, 5.41) is 19.3. The van der Waals surface area contributed by atoms with Crippen LogP contribution in [-0.4, -0.2) is 54.2 Å². The zero-order chi connectivity index (χ0) is 31.1. The van der Waals surface area contributed by atoms with Crippen LogP contribution in [-0.2, 0) is 22.4 Å². The first kappa shape index (κ1) is 29.6. The second kappa shape index (κ2) is 12.0. The highest BCUT2D eigenvalue weighted by atomic mass is 16.5. The summed E-state index contributed by atoms with van der Waals surface area (Å²) in [6.45, 7) is 4.38. The minimum atomic E-state index is -0.626. The van der Waals surface area contributed by atoms with E-state index in [0.717, 1.165) is 78.5 Å². The van der Waals surface area contributed by atoms with Crippen LogP contribution >= 0.6 is 0 Å². The van der Waals surface area contributed by atoms with Gasteiger partial charge in [0, 0.05) is 23.6 Å². The maximum Gasteiger partial charge on any atom is 0.259 e. The molecular formula is C35H40N6O4. The number of carbonyl (C=O) groups is 1. The smallest absolute Gasteiger partial charge is 0.259 e. The number of hydrogen-bond acceptors (Lipinski definition) is 7. The molecule has 0 bridgehead atoms. The Hall–Kier alpha value is -4.15. The Morgan fingerprint density at radius 2 is 1.82 bits per heavy atom. The molecule has 1 amide bonds. The lowest BCUT2D eigenvalue weighted by Crippen LogP contribution is -2.35. The first-order chi connectivity index (χ1) is 21.8. The zero-order valence-corrected chi connectivity index (χ0v) is 26.0. The van der Waals surface area contributed by atoms with Gasteiger partial charge >= 0.3 is 0 Å². The molecular weight excluding hydrogens is 568 g/mol. The number of aromatic nitrogens is 4. The summed E-state index contributed by atoms with van der Waals surface area (Å²) in [5.41, 5.74) is 8.17. The fourth-order valence-corrected chi connectivity index (χ4v) is 6.79. The van der Waals surface area contributed by atoms with E-state index in [-0.39, 0.29) is 30.0 Å². The molecule has 10 heteroatoms. The fourth-order valence-electron chi connectivity index (χ4n) is 6.79. The predicted octanol–water partition coefficient (Wildman–Crippen LogP) is 4.66. The molecule has 0 spiro atoms. The van der Waals surface area contributed by atoms with Crippen molar-refractivity contribution in [3.8, 4) is 11.1 Å². The summed E-state index contributed by atoms with van der Waals surface area (Å²) in [6, 6.07) is 16.3. The Labute approximate surface area is 262 Å². The van der Waals surface area contributed by atoms with E-state index in [0.29, 0.717) is 36.8 Å². The number of benzene rings is 2. The van der Waals surface area contributed by atoms with Crippen molar-refractivity contribution in [3.63, 3.8) is 0 Å². The number of fused-ring (bicyclic) bond motifs is 1.